The second-order valence-corrected chi connectivity index (χ2v) is 7.00. The molecule has 0 saturated heterocycles. The van der Waals surface area contributed by atoms with Crippen molar-refractivity contribution in [1.82, 2.24) is 0 Å². The van der Waals surface area contributed by atoms with Gasteiger partial charge in [0.1, 0.15) is 5.41 Å². The zero-order valence-corrected chi connectivity index (χ0v) is 14.0. The van der Waals surface area contributed by atoms with Gasteiger partial charge in [-0.1, -0.05) is 0 Å². The molecule has 0 aromatic rings. The maximum Gasteiger partial charge on any atom is 0.319 e. The van der Waals surface area contributed by atoms with Gasteiger partial charge in [-0.3, -0.25) is 14.4 Å². The van der Waals surface area contributed by atoms with Gasteiger partial charge in [0, 0.05) is 0 Å². The summed E-state index contributed by atoms with van der Waals surface area (Å²) < 4.78 is 9.61. The summed E-state index contributed by atoms with van der Waals surface area (Å²) in [5.41, 5.74) is -1.12. The fourth-order valence-electron chi connectivity index (χ4n) is 1.89. The van der Waals surface area contributed by atoms with Crippen LogP contribution in [0.2, 0.25) is 0 Å². The maximum absolute atomic E-state index is 12.2. The summed E-state index contributed by atoms with van der Waals surface area (Å²) in [6.45, 7) is 5.17. The van der Waals surface area contributed by atoms with Gasteiger partial charge in [0.2, 0.25) is 0 Å². The van der Waals surface area contributed by atoms with Crippen LogP contribution in [0.25, 0.3) is 0 Å². The molecule has 1 fully saturated rings. The smallest absolute Gasteiger partial charge is 0.319 e. The summed E-state index contributed by atoms with van der Waals surface area (Å²) in [7, 11) is 1.39. The Morgan fingerprint density at radius 1 is 1.24 bits per heavy atom. The molecule has 0 aliphatic heterocycles. The summed E-state index contributed by atoms with van der Waals surface area (Å²) in [5.74, 6) is 0.180. The molecule has 1 aliphatic carbocycles. The van der Waals surface area contributed by atoms with E-state index in [1.165, 1.54) is 18.9 Å². The Hall–Kier alpha value is -1.04. The number of esters is 2. The fraction of sp³-hybridized carbons (Fsp3) is 0.800. The van der Waals surface area contributed by atoms with Gasteiger partial charge < -0.3 is 9.47 Å². The van der Waals surface area contributed by atoms with Gasteiger partial charge in [-0.15, -0.1) is 0 Å². The highest BCUT2D eigenvalue weighted by molar-refractivity contribution is 8.00. The third-order valence-electron chi connectivity index (χ3n) is 3.83. The van der Waals surface area contributed by atoms with Crippen molar-refractivity contribution < 1.29 is 23.9 Å². The number of ether oxygens (including phenoxy) is 2. The molecule has 0 aromatic heterocycles. The zero-order valence-electron chi connectivity index (χ0n) is 13.2. The highest BCUT2D eigenvalue weighted by atomic mass is 32.2. The number of ketones is 1. The molecule has 6 heteroatoms. The minimum absolute atomic E-state index is 0.00783. The van der Waals surface area contributed by atoms with Gasteiger partial charge in [-0.05, 0) is 44.8 Å². The highest BCUT2D eigenvalue weighted by Gasteiger charge is 2.45. The standard InChI is InChI=1S/C15H24O5S/c1-5-20-13(18)14(2,3)11(16)9-21-10-15(6-7-15)8-12(17)19-4/h5-10H2,1-4H3. The van der Waals surface area contributed by atoms with Crippen molar-refractivity contribution in [2.45, 2.75) is 40.0 Å². The number of Topliss-reactive ketones (excluding diaryl/α,β-unsaturated/α-hetero) is 1. The van der Waals surface area contributed by atoms with E-state index in [-0.39, 0.29) is 29.5 Å². The molecule has 1 rings (SSSR count). The van der Waals surface area contributed by atoms with Crippen LogP contribution in [0, 0.1) is 10.8 Å². The molecule has 5 nitrogen and oxygen atoms in total. The largest absolute Gasteiger partial charge is 0.469 e. The average Bonchev–Trinajstić information content (AvgIpc) is 3.18. The van der Waals surface area contributed by atoms with Gasteiger partial charge >= 0.3 is 11.9 Å². The lowest BCUT2D eigenvalue weighted by molar-refractivity contribution is -0.157. The lowest BCUT2D eigenvalue weighted by Gasteiger charge is -2.21. The number of hydrogen-bond acceptors (Lipinski definition) is 6. The predicted octanol–water partition coefficient (Wildman–Crippen LogP) is 2.22. The first kappa shape index (κ1) is 18.0. The van der Waals surface area contributed by atoms with E-state index in [1.54, 1.807) is 20.8 Å². The number of carbonyl (C=O) groups excluding carboxylic acids is 3. The number of hydrogen-bond donors (Lipinski definition) is 0. The minimum Gasteiger partial charge on any atom is -0.469 e. The van der Waals surface area contributed by atoms with E-state index in [1.807, 2.05) is 0 Å². The number of carbonyl (C=O) groups is 3. The van der Waals surface area contributed by atoms with Crippen LogP contribution in [-0.4, -0.2) is 42.9 Å². The maximum atomic E-state index is 12.2. The molecule has 120 valence electrons. The molecule has 0 spiro atoms. The van der Waals surface area contributed by atoms with Crippen LogP contribution in [0.1, 0.15) is 40.0 Å². The fourth-order valence-corrected chi connectivity index (χ4v) is 3.37. The van der Waals surface area contributed by atoms with E-state index in [9.17, 15) is 14.4 Å². The van der Waals surface area contributed by atoms with E-state index in [0.717, 1.165) is 18.6 Å². The van der Waals surface area contributed by atoms with Crippen LogP contribution in [-0.2, 0) is 23.9 Å². The summed E-state index contributed by atoms with van der Waals surface area (Å²) >= 11 is 1.48. The van der Waals surface area contributed by atoms with Crippen LogP contribution in [0.3, 0.4) is 0 Å². The Bertz CT molecular complexity index is 412. The Balaban J connectivity index is 2.40. The van der Waals surface area contributed by atoms with E-state index in [4.69, 9.17) is 4.74 Å². The van der Waals surface area contributed by atoms with Crippen molar-refractivity contribution >= 4 is 29.5 Å². The van der Waals surface area contributed by atoms with Gasteiger partial charge in [0.15, 0.2) is 5.78 Å². The highest BCUT2D eigenvalue weighted by Crippen LogP contribution is 2.51. The van der Waals surface area contributed by atoms with E-state index in [0.29, 0.717) is 6.42 Å². The Morgan fingerprint density at radius 3 is 2.33 bits per heavy atom. The quantitative estimate of drug-likeness (QED) is 0.480. The molecule has 1 aliphatic rings. The molecule has 0 radical (unpaired) electrons. The molecule has 0 N–H and O–H groups in total. The molecule has 0 aromatic carbocycles. The van der Waals surface area contributed by atoms with Crippen molar-refractivity contribution in [2.75, 3.05) is 25.2 Å². The summed E-state index contributed by atoms with van der Waals surface area (Å²) in [6.07, 6.45) is 2.39. The first-order chi connectivity index (χ1) is 9.77. The Labute approximate surface area is 130 Å². The minimum atomic E-state index is -1.11. The molecule has 0 heterocycles. The van der Waals surface area contributed by atoms with Crippen molar-refractivity contribution in [2.24, 2.45) is 10.8 Å². The first-order valence-corrected chi connectivity index (χ1v) is 8.28. The molecule has 0 bridgehead atoms. The molecule has 0 unspecified atom stereocenters. The van der Waals surface area contributed by atoms with Crippen molar-refractivity contribution in [1.29, 1.82) is 0 Å². The van der Waals surface area contributed by atoms with Crippen LogP contribution >= 0.6 is 11.8 Å². The number of thioether (sulfide) groups is 1. The van der Waals surface area contributed by atoms with Gasteiger partial charge in [0.25, 0.3) is 0 Å². The van der Waals surface area contributed by atoms with Crippen molar-refractivity contribution in [3.63, 3.8) is 0 Å². The van der Waals surface area contributed by atoms with Crippen LogP contribution in [0.15, 0.2) is 0 Å². The lowest BCUT2D eigenvalue weighted by Crippen LogP contribution is -2.36. The van der Waals surface area contributed by atoms with E-state index in [2.05, 4.69) is 4.74 Å². The van der Waals surface area contributed by atoms with Crippen molar-refractivity contribution in [3.8, 4) is 0 Å². The van der Waals surface area contributed by atoms with E-state index < -0.39 is 11.4 Å². The Morgan fingerprint density at radius 2 is 1.86 bits per heavy atom. The van der Waals surface area contributed by atoms with E-state index >= 15 is 0 Å². The second-order valence-electron chi connectivity index (χ2n) is 6.01. The third kappa shape index (κ3) is 5.02. The molecule has 21 heavy (non-hydrogen) atoms. The normalized spacial score (nSPS) is 16.2. The number of methoxy groups -OCH3 is 1. The van der Waals surface area contributed by atoms with Crippen LogP contribution in [0.5, 0.6) is 0 Å². The first-order valence-electron chi connectivity index (χ1n) is 7.12. The van der Waals surface area contributed by atoms with Crippen LogP contribution < -0.4 is 0 Å². The zero-order chi connectivity index (χ0) is 16.1. The third-order valence-corrected chi connectivity index (χ3v) is 5.11. The second kappa shape index (κ2) is 7.29. The van der Waals surface area contributed by atoms with Gasteiger partial charge in [-0.25, -0.2) is 0 Å². The Kier molecular flexibility index (Phi) is 6.25. The molecular weight excluding hydrogens is 292 g/mol. The monoisotopic (exact) mass is 316 g/mol. The van der Waals surface area contributed by atoms with Gasteiger partial charge in [0.05, 0.1) is 25.9 Å². The molecule has 0 amide bonds. The topological polar surface area (TPSA) is 69.7 Å². The molecule has 0 atom stereocenters. The average molecular weight is 316 g/mol. The van der Waals surface area contributed by atoms with Crippen molar-refractivity contribution in [3.05, 3.63) is 0 Å². The van der Waals surface area contributed by atoms with Gasteiger partial charge in [-0.2, -0.15) is 11.8 Å². The molecule has 1 saturated carbocycles. The predicted molar refractivity (Wildman–Crippen MR) is 81.0 cm³/mol. The molecular formula is C15H24O5S. The van der Waals surface area contributed by atoms with Crippen LogP contribution in [0.4, 0.5) is 0 Å². The summed E-state index contributed by atoms with van der Waals surface area (Å²) in [6, 6.07) is 0. The SMILES string of the molecule is CCOC(=O)C(C)(C)C(=O)CSCC1(CC(=O)OC)CC1. The summed E-state index contributed by atoms with van der Waals surface area (Å²) in [5, 5.41) is 0. The lowest BCUT2D eigenvalue weighted by atomic mass is 9.89. The summed E-state index contributed by atoms with van der Waals surface area (Å²) in [4.78, 5) is 35.2. The number of rotatable bonds is 9.